The van der Waals surface area contributed by atoms with Gasteiger partial charge in [0.05, 0.1) is 11.0 Å². The Bertz CT molecular complexity index is 534. The summed E-state index contributed by atoms with van der Waals surface area (Å²) in [6.07, 6.45) is 1.03. The minimum atomic E-state index is -0.649. The van der Waals surface area contributed by atoms with Crippen molar-refractivity contribution in [2.24, 2.45) is 0 Å². The van der Waals surface area contributed by atoms with E-state index in [0.717, 1.165) is 12.5 Å². The number of anilines is 1. The summed E-state index contributed by atoms with van der Waals surface area (Å²) in [4.78, 5) is 21.8. The number of carbonyl (C=O) groups excluding carboxylic acids is 1. The number of halogens is 1. The number of rotatable bonds is 7. The molecule has 1 atom stereocenters. The lowest BCUT2D eigenvalue weighted by Gasteiger charge is -2.12. The molecule has 0 aliphatic rings. The molecule has 1 rings (SSSR count). The van der Waals surface area contributed by atoms with Crippen molar-refractivity contribution >= 4 is 17.3 Å². The summed E-state index contributed by atoms with van der Waals surface area (Å²) in [5, 5.41) is 16.5. The number of aryl methyl sites for hydroxylation is 1. The zero-order chi connectivity index (χ0) is 16.0. The Kier molecular flexibility index (Phi) is 6.08. The van der Waals surface area contributed by atoms with Gasteiger partial charge in [-0.05, 0) is 31.9 Å². The molecule has 1 aromatic rings. The first kappa shape index (κ1) is 16.9. The molecule has 1 aromatic carbocycles. The standard InChI is InChI=1S/C14H20FN3O3/c1-4-10(3)17-14(19)5-6-16-12-7-9(2)11(15)8-13(12)18(20)21/h7-8,10,16H,4-6H2,1-3H3,(H,17,19). The second-order valence-corrected chi connectivity index (χ2v) is 4.93. The van der Waals surface area contributed by atoms with Crippen LogP contribution in [-0.2, 0) is 4.79 Å². The second kappa shape index (κ2) is 7.56. The van der Waals surface area contributed by atoms with Crippen molar-refractivity contribution in [3.05, 3.63) is 33.6 Å². The first-order valence-electron chi connectivity index (χ1n) is 6.83. The number of nitro benzene ring substituents is 1. The van der Waals surface area contributed by atoms with E-state index >= 15 is 0 Å². The van der Waals surface area contributed by atoms with E-state index in [0.29, 0.717) is 5.56 Å². The normalized spacial score (nSPS) is 11.8. The van der Waals surface area contributed by atoms with Gasteiger partial charge in [-0.2, -0.15) is 0 Å². The van der Waals surface area contributed by atoms with E-state index in [1.54, 1.807) is 0 Å². The van der Waals surface area contributed by atoms with Gasteiger partial charge in [0.1, 0.15) is 11.5 Å². The van der Waals surface area contributed by atoms with E-state index in [-0.39, 0.29) is 36.3 Å². The van der Waals surface area contributed by atoms with Crippen molar-refractivity contribution in [2.75, 3.05) is 11.9 Å². The van der Waals surface area contributed by atoms with E-state index in [9.17, 15) is 19.3 Å². The molecule has 1 unspecified atom stereocenters. The van der Waals surface area contributed by atoms with E-state index < -0.39 is 10.7 Å². The fraction of sp³-hybridized carbons (Fsp3) is 0.500. The summed E-state index contributed by atoms with van der Waals surface area (Å²) < 4.78 is 13.4. The lowest BCUT2D eigenvalue weighted by atomic mass is 10.1. The highest BCUT2D eigenvalue weighted by Gasteiger charge is 2.17. The molecule has 21 heavy (non-hydrogen) atoms. The quantitative estimate of drug-likeness (QED) is 0.598. The van der Waals surface area contributed by atoms with Gasteiger partial charge in [0.25, 0.3) is 5.69 Å². The van der Waals surface area contributed by atoms with Crippen LogP contribution in [-0.4, -0.2) is 23.4 Å². The number of hydrogen-bond acceptors (Lipinski definition) is 4. The van der Waals surface area contributed by atoms with E-state index in [1.165, 1.54) is 13.0 Å². The first-order chi connectivity index (χ1) is 9.85. The molecule has 0 radical (unpaired) electrons. The third-order valence-electron chi connectivity index (χ3n) is 3.16. The highest BCUT2D eigenvalue weighted by molar-refractivity contribution is 5.77. The molecule has 0 saturated heterocycles. The van der Waals surface area contributed by atoms with Crippen molar-refractivity contribution in [2.45, 2.75) is 39.7 Å². The maximum Gasteiger partial charge on any atom is 0.295 e. The molecule has 0 bridgehead atoms. The Morgan fingerprint density at radius 1 is 1.48 bits per heavy atom. The number of nitrogens with zero attached hydrogens (tertiary/aromatic N) is 1. The molecular weight excluding hydrogens is 277 g/mol. The van der Waals surface area contributed by atoms with Gasteiger partial charge < -0.3 is 10.6 Å². The predicted octanol–water partition coefficient (Wildman–Crippen LogP) is 2.76. The Balaban J connectivity index is 2.65. The second-order valence-electron chi connectivity index (χ2n) is 4.93. The molecular formula is C14H20FN3O3. The number of hydrogen-bond donors (Lipinski definition) is 2. The summed E-state index contributed by atoms with van der Waals surface area (Å²) in [5.41, 5.74) is 0.197. The predicted molar refractivity (Wildman–Crippen MR) is 78.8 cm³/mol. The van der Waals surface area contributed by atoms with Crippen molar-refractivity contribution in [3.8, 4) is 0 Å². The fourth-order valence-corrected chi connectivity index (χ4v) is 1.72. The third kappa shape index (κ3) is 5.02. The summed E-state index contributed by atoms with van der Waals surface area (Å²) >= 11 is 0. The monoisotopic (exact) mass is 297 g/mol. The van der Waals surface area contributed by atoms with Crippen LogP contribution in [0.15, 0.2) is 12.1 Å². The minimum Gasteiger partial charge on any atom is -0.379 e. The van der Waals surface area contributed by atoms with Crippen molar-refractivity contribution in [1.82, 2.24) is 5.32 Å². The molecule has 0 saturated carbocycles. The van der Waals surface area contributed by atoms with Gasteiger partial charge in [-0.15, -0.1) is 0 Å². The highest BCUT2D eigenvalue weighted by atomic mass is 19.1. The zero-order valence-electron chi connectivity index (χ0n) is 12.4. The summed E-state index contributed by atoms with van der Waals surface area (Å²) in [6, 6.07) is 2.36. The van der Waals surface area contributed by atoms with Gasteiger partial charge in [0.15, 0.2) is 0 Å². The van der Waals surface area contributed by atoms with Crippen LogP contribution in [0.3, 0.4) is 0 Å². The molecule has 0 aliphatic heterocycles. The van der Waals surface area contributed by atoms with Gasteiger partial charge in [-0.3, -0.25) is 14.9 Å². The molecule has 0 aromatic heterocycles. The van der Waals surface area contributed by atoms with Gasteiger partial charge in [0, 0.05) is 19.0 Å². The Morgan fingerprint density at radius 2 is 2.14 bits per heavy atom. The summed E-state index contributed by atoms with van der Waals surface area (Å²) in [7, 11) is 0. The molecule has 0 spiro atoms. The number of benzene rings is 1. The topological polar surface area (TPSA) is 84.3 Å². The van der Waals surface area contributed by atoms with Crippen LogP contribution >= 0.6 is 0 Å². The van der Waals surface area contributed by atoms with Crippen molar-refractivity contribution < 1.29 is 14.1 Å². The molecule has 116 valence electrons. The Hall–Kier alpha value is -2.18. The van der Waals surface area contributed by atoms with Crippen LogP contribution in [0.5, 0.6) is 0 Å². The van der Waals surface area contributed by atoms with E-state index in [4.69, 9.17) is 0 Å². The van der Waals surface area contributed by atoms with Crippen molar-refractivity contribution in [1.29, 1.82) is 0 Å². The lowest BCUT2D eigenvalue weighted by Crippen LogP contribution is -2.33. The average molecular weight is 297 g/mol. The summed E-state index contributed by atoms with van der Waals surface area (Å²) in [5.74, 6) is -0.750. The fourth-order valence-electron chi connectivity index (χ4n) is 1.72. The molecule has 1 amide bonds. The van der Waals surface area contributed by atoms with E-state index in [1.807, 2.05) is 13.8 Å². The van der Waals surface area contributed by atoms with Crippen LogP contribution < -0.4 is 10.6 Å². The number of nitrogens with one attached hydrogen (secondary N) is 2. The first-order valence-corrected chi connectivity index (χ1v) is 6.83. The minimum absolute atomic E-state index is 0.0971. The van der Waals surface area contributed by atoms with Crippen molar-refractivity contribution in [3.63, 3.8) is 0 Å². The van der Waals surface area contributed by atoms with Gasteiger partial charge >= 0.3 is 0 Å². The molecule has 0 fully saturated rings. The van der Waals surface area contributed by atoms with Crippen LogP contribution in [0.1, 0.15) is 32.3 Å². The number of nitro groups is 1. The van der Waals surface area contributed by atoms with Crippen LogP contribution in [0.4, 0.5) is 15.8 Å². The molecule has 0 aliphatic carbocycles. The Morgan fingerprint density at radius 3 is 2.71 bits per heavy atom. The van der Waals surface area contributed by atoms with E-state index in [2.05, 4.69) is 10.6 Å². The highest BCUT2D eigenvalue weighted by Crippen LogP contribution is 2.27. The van der Waals surface area contributed by atoms with Crippen LogP contribution in [0, 0.1) is 22.9 Å². The third-order valence-corrected chi connectivity index (χ3v) is 3.16. The van der Waals surface area contributed by atoms with Gasteiger partial charge in [-0.25, -0.2) is 4.39 Å². The molecule has 6 nitrogen and oxygen atoms in total. The SMILES string of the molecule is CCC(C)NC(=O)CCNc1cc(C)c(F)cc1[N+](=O)[O-]. The molecule has 0 heterocycles. The van der Waals surface area contributed by atoms with Crippen LogP contribution in [0.2, 0.25) is 0 Å². The summed E-state index contributed by atoms with van der Waals surface area (Å²) in [6.45, 7) is 5.64. The average Bonchev–Trinajstić information content (AvgIpc) is 2.41. The maximum atomic E-state index is 13.4. The molecule has 7 heteroatoms. The number of amides is 1. The number of carbonyl (C=O) groups is 1. The van der Waals surface area contributed by atoms with Gasteiger partial charge in [-0.1, -0.05) is 6.92 Å². The smallest absolute Gasteiger partial charge is 0.295 e. The lowest BCUT2D eigenvalue weighted by molar-refractivity contribution is -0.384. The van der Waals surface area contributed by atoms with Crippen LogP contribution in [0.25, 0.3) is 0 Å². The zero-order valence-corrected chi connectivity index (χ0v) is 12.4. The maximum absolute atomic E-state index is 13.4. The Labute approximate surface area is 122 Å². The van der Waals surface area contributed by atoms with Gasteiger partial charge in [0.2, 0.25) is 5.91 Å². The largest absolute Gasteiger partial charge is 0.379 e. The molecule has 2 N–H and O–H groups in total.